The number of fused-ring (bicyclic) bond motifs is 1. The highest BCUT2D eigenvalue weighted by Gasteiger charge is 2.49. The first-order valence-electron chi connectivity index (χ1n) is 7.93. The van der Waals surface area contributed by atoms with Gasteiger partial charge < -0.3 is 5.32 Å². The molecule has 0 saturated carbocycles. The van der Waals surface area contributed by atoms with Crippen LogP contribution in [0.1, 0.15) is 18.1 Å². The van der Waals surface area contributed by atoms with Crippen molar-refractivity contribution in [1.82, 2.24) is 4.90 Å². The van der Waals surface area contributed by atoms with Gasteiger partial charge in [-0.1, -0.05) is 54.1 Å². The Balaban J connectivity index is 2.35. The minimum Gasteiger partial charge on any atom is -0.307 e. The molecule has 136 valence electrons. The van der Waals surface area contributed by atoms with E-state index in [0.717, 1.165) is 4.90 Å². The lowest BCUT2D eigenvalue weighted by atomic mass is 9.78. The van der Waals surface area contributed by atoms with E-state index < -0.39 is 24.3 Å². The Kier molecular flexibility index (Phi) is 4.71. The number of anilines is 1. The number of urea groups is 1. The van der Waals surface area contributed by atoms with E-state index in [1.165, 1.54) is 0 Å². The summed E-state index contributed by atoms with van der Waals surface area (Å²) in [6.45, 7) is 0.303. The Bertz CT molecular complexity index is 852. The fraction of sp³-hybridized carbons (Fsp3) is 0.211. The summed E-state index contributed by atoms with van der Waals surface area (Å²) in [5, 5.41) is 2.91. The van der Waals surface area contributed by atoms with Gasteiger partial charge in [-0.15, -0.1) is 0 Å². The summed E-state index contributed by atoms with van der Waals surface area (Å²) in [6, 6.07) is 12.6. The molecule has 0 aliphatic carbocycles. The zero-order valence-corrected chi connectivity index (χ0v) is 14.6. The van der Waals surface area contributed by atoms with E-state index in [4.69, 9.17) is 11.6 Å². The third-order valence-electron chi connectivity index (χ3n) is 4.26. The summed E-state index contributed by atoms with van der Waals surface area (Å²) in [4.78, 5) is 13.4. The summed E-state index contributed by atoms with van der Waals surface area (Å²) in [6.07, 6.45) is -1.32. The van der Waals surface area contributed by atoms with Gasteiger partial charge in [0.15, 0.2) is 0 Å². The lowest BCUT2D eigenvalue weighted by molar-refractivity contribution is -0.146. The van der Waals surface area contributed by atoms with Crippen LogP contribution in [0.3, 0.4) is 0 Å². The van der Waals surface area contributed by atoms with E-state index >= 15 is 0 Å². The van der Waals surface area contributed by atoms with Gasteiger partial charge >= 0.3 is 12.2 Å². The van der Waals surface area contributed by atoms with Gasteiger partial charge in [0.05, 0.1) is 0 Å². The number of nitrogens with zero attached hydrogens (tertiary/aromatic N) is 1. The third kappa shape index (κ3) is 3.17. The van der Waals surface area contributed by atoms with Crippen LogP contribution in [-0.4, -0.2) is 23.7 Å². The maximum Gasteiger partial charge on any atom is 0.406 e. The first-order chi connectivity index (χ1) is 12.3. The van der Waals surface area contributed by atoms with Crippen LogP contribution in [0.15, 0.2) is 60.7 Å². The average Bonchev–Trinajstić information content (AvgIpc) is 2.58. The fourth-order valence-corrected chi connectivity index (χ4v) is 3.50. The second-order valence-corrected chi connectivity index (χ2v) is 6.39. The van der Waals surface area contributed by atoms with Crippen LogP contribution in [0.5, 0.6) is 0 Å². The highest BCUT2D eigenvalue weighted by Crippen LogP contribution is 2.46. The number of halogens is 4. The van der Waals surface area contributed by atoms with Crippen molar-refractivity contribution in [3.63, 3.8) is 0 Å². The van der Waals surface area contributed by atoms with Crippen LogP contribution in [0.4, 0.5) is 23.7 Å². The maximum absolute atomic E-state index is 13.3. The van der Waals surface area contributed by atoms with E-state index in [-0.39, 0.29) is 0 Å². The Morgan fingerprint density at radius 3 is 2.50 bits per heavy atom. The maximum atomic E-state index is 13.3. The molecule has 0 fully saturated rings. The number of benzene rings is 2. The molecule has 2 aromatic carbocycles. The van der Waals surface area contributed by atoms with E-state index in [1.54, 1.807) is 67.6 Å². The number of amides is 2. The molecule has 1 N–H and O–H groups in total. The topological polar surface area (TPSA) is 32.3 Å². The minimum atomic E-state index is -4.56. The molecule has 0 bridgehead atoms. The molecule has 0 aromatic heterocycles. The molecule has 7 heteroatoms. The van der Waals surface area contributed by atoms with Crippen molar-refractivity contribution in [2.75, 3.05) is 11.9 Å². The monoisotopic (exact) mass is 380 g/mol. The second kappa shape index (κ2) is 6.68. The van der Waals surface area contributed by atoms with Gasteiger partial charge in [-0.3, -0.25) is 4.90 Å². The zero-order chi connectivity index (χ0) is 18.9. The van der Waals surface area contributed by atoms with Crippen LogP contribution >= 0.6 is 11.6 Å². The number of hydrogen-bond acceptors (Lipinski definition) is 1. The van der Waals surface area contributed by atoms with Gasteiger partial charge in [0.1, 0.15) is 12.1 Å². The van der Waals surface area contributed by atoms with Crippen molar-refractivity contribution in [1.29, 1.82) is 0 Å². The second-order valence-electron chi connectivity index (χ2n) is 5.95. The van der Waals surface area contributed by atoms with Gasteiger partial charge in [-0.25, -0.2) is 4.79 Å². The van der Waals surface area contributed by atoms with Crippen molar-refractivity contribution in [2.24, 2.45) is 0 Å². The molecule has 3 rings (SSSR count). The Morgan fingerprint density at radius 2 is 1.88 bits per heavy atom. The molecule has 1 heterocycles. The predicted octanol–water partition coefficient (Wildman–Crippen LogP) is 5.57. The first kappa shape index (κ1) is 18.3. The zero-order valence-electron chi connectivity index (χ0n) is 13.8. The van der Waals surface area contributed by atoms with Crippen molar-refractivity contribution < 1.29 is 18.0 Å². The number of nitrogens with one attached hydrogen (secondary N) is 1. The highest BCUT2D eigenvalue weighted by molar-refractivity contribution is 6.30. The molecular formula is C19H16ClF3N2O. The number of rotatable bonds is 3. The van der Waals surface area contributed by atoms with E-state index in [0.29, 0.717) is 21.8 Å². The van der Waals surface area contributed by atoms with Crippen LogP contribution < -0.4 is 5.32 Å². The largest absolute Gasteiger partial charge is 0.406 e. The standard InChI is InChI=1S/C19H16ClF3N2O/c1-2-10-18(13-6-4-3-5-7-13)15-11-14(20)8-9-16(15)24-17(26)25(18)12-19(21,22)23/h2-11H,12H2,1H3,(H,24,26)/b10-2+. The van der Waals surface area contributed by atoms with E-state index in [9.17, 15) is 18.0 Å². The summed E-state index contributed by atoms with van der Waals surface area (Å²) in [5.74, 6) is 0. The number of allylic oxidation sites excluding steroid dienone is 1. The Hall–Kier alpha value is -2.47. The molecule has 3 nitrogen and oxygen atoms in total. The van der Waals surface area contributed by atoms with Gasteiger partial charge in [-0.2, -0.15) is 13.2 Å². The van der Waals surface area contributed by atoms with Crippen molar-refractivity contribution in [2.45, 2.75) is 18.6 Å². The minimum absolute atomic E-state index is 0.372. The molecule has 1 aliphatic rings. The van der Waals surface area contributed by atoms with Gasteiger partial charge in [-0.05, 0) is 30.7 Å². The quantitative estimate of drug-likeness (QED) is 0.694. The van der Waals surface area contributed by atoms with E-state index in [2.05, 4.69) is 5.32 Å². The number of alkyl halides is 3. The van der Waals surface area contributed by atoms with Gasteiger partial charge in [0.25, 0.3) is 0 Å². The molecule has 2 aromatic rings. The molecule has 0 radical (unpaired) electrons. The summed E-state index contributed by atoms with van der Waals surface area (Å²) < 4.78 is 39.9. The number of hydrogen-bond donors (Lipinski definition) is 1. The Morgan fingerprint density at radius 1 is 1.19 bits per heavy atom. The van der Waals surface area contributed by atoms with Gasteiger partial charge in [0.2, 0.25) is 0 Å². The van der Waals surface area contributed by atoms with Crippen molar-refractivity contribution in [3.05, 3.63) is 76.8 Å². The molecule has 26 heavy (non-hydrogen) atoms. The van der Waals surface area contributed by atoms with Crippen LogP contribution in [0, 0.1) is 0 Å². The fourth-order valence-electron chi connectivity index (χ4n) is 3.33. The third-order valence-corrected chi connectivity index (χ3v) is 4.50. The smallest absolute Gasteiger partial charge is 0.307 e. The highest BCUT2D eigenvalue weighted by atomic mass is 35.5. The SMILES string of the molecule is C/C=C/C1(c2ccccc2)c2cc(Cl)ccc2NC(=O)N1CC(F)(F)F. The molecule has 1 atom stereocenters. The normalized spacial score (nSPS) is 20.2. The van der Waals surface area contributed by atoms with Crippen LogP contribution in [0.25, 0.3) is 0 Å². The van der Waals surface area contributed by atoms with E-state index in [1.807, 2.05) is 0 Å². The molecule has 2 amide bonds. The first-order valence-corrected chi connectivity index (χ1v) is 8.30. The number of carbonyl (C=O) groups excluding carboxylic acids is 1. The summed E-state index contributed by atoms with van der Waals surface area (Å²) >= 11 is 6.13. The lowest BCUT2D eigenvalue weighted by Gasteiger charge is -2.47. The number of carbonyl (C=O) groups is 1. The molecule has 1 aliphatic heterocycles. The summed E-state index contributed by atoms with van der Waals surface area (Å²) in [5.41, 5.74) is 0.0346. The van der Waals surface area contributed by atoms with Crippen molar-refractivity contribution in [3.8, 4) is 0 Å². The summed E-state index contributed by atoms with van der Waals surface area (Å²) in [7, 11) is 0. The predicted molar refractivity (Wildman–Crippen MR) is 95.3 cm³/mol. The lowest BCUT2D eigenvalue weighted by Crippen LogP contribution is -2.57. The molecular weight excluding hydrogens is 365 g/mol. The van der Waals surface area contributed by atoms with Crippen LogP contribution in [0.2, 0.25) is 5.02 Å². The van der Waals surface area contributed by atoms with Crippen LogP contribution in [-0.2, 0) is 5.54 Å². The van der Waals surface area contributed by atoms with Gasteiger partial charge in [0, 0.05) is 16.3 Å². The Labute approximate surface area is 154 Å². The molecule has 1 unspecified atom stereocenters. The molecule has 0 saturated heterocycles. The van der Waals surface area contributed by atoms with Crippen molar-refractivity contribution >= 4 is 23.3 Å². The average molecular weight is 381 g/mol. The molecule has 0 spiro atoms.